The van der Waals surface area contributed by atoms with Crippen molar-refractivity contribution in [3.63, 3.8) is 0 Å². The van der Waals surface area contributed by atoms with Gasteiger partial charge in [-0.05, 0) is 35.4 Å². The molecule has 2 heteroatoms. The van der Waals surface area contributed by atoms with E-state index < -0.39 is 0 Å². The van der Waals surface area contributed by atoms with E-state index in [-0.39, 0.29) is 0 Å². The van der Waals surface area contributed by atoms with Crippen LogP contribution in [0.1, 0.15) is 84.0 Å². The Morgan fingerprint density at radius 3 is 2.00 bits per heavy atom. The molecule has 0 aromatic carbocycles. The van der Waals surface area contributed by atoms with E-state index in [1.165, 1.54) is 93.8 Å². The molecule has 108 valence electrons. The molecule has 0 amide bonds. The van der Waals surface area contributed by atoms with Crippen LogP contribution in [0.15, 0.2) is 0 Å². The lowest BCUT2D eigenvalue weighted by molar-refractivity contribution is 0.274. The van der Waals surface area contributed by atoms with Gasteiger partial charge in [-0.3, -0.25) is 0 Å². The smallest absolute Gasteiger partial charge is 0.0114 e. The third kappa shape index (κ3) is 7.94. The molecule has 0 N–H and O–H groups in total. The zero-order chi connectivity index (χ0) is 13.1. The standard InChI is InChI=1S/C16H31ClS/c1-2-3-4-5-6-7-8-9-15-10-12-16(13-11-15)14-18-17/h15-16H,2-14H2,1H3. The summed E-state index contributed by atoms with van der Waals surface area (Å²) in [6.07, 6.45) is 17.4. The van der Waals surface area contributed by atoms with Crippen molar-refractivity contribution in [3.05, 3.63) is 0 Å². The van der Waals surface area contributed by atoms with Gasteiger partial charge in [-0.15, -0.1) is 0 Å². The van der Waals surface area contributed by atoms with E-state index in [9.17, 15) is 0 Å². The minimum Gasteiger partial charge on any atom is -0.0654 e. The van der Waals surface area contributed by atoms with E-state index in [0.717, 1.165) is 11.8 Å². The van der Waals surface area contributed by atoms with Gasteiger partial charge in [-0.1, -0.05) is 82.1 Å². The molecule has 1 fully saturated rings. The van der Waals surface area contributed by atoms with Crippen LogP contribution in [0.2, 0.25) is 0 Å². The molecule has 0 saturated heterocycles. The Hall–Kier alpha value is 0.640. The highest BCUT2D eigenvalue weighted by atomic mass is 35.7. The van der Waals surface area contributed by atoms with Crippen LogP contribution in [-0.4, -0.2) is 5.75 Å². The molecule has 0 radical (unpaired) electrons. The predicted octanol–water partition coefficient (Wildman–Crippen LogP) is 6.82. The maximum atomic E-state index is 5.74. The summed E-state index contributed by atoms with van der Waals surface area (Å²) in [6, 6.07) is 0. The highest BCUT2D eigenvalue weighted by Gasteiger charge is 2.20. The first-order valence-corrected chi connectivity index (χ1v) is 9.91. The Balaban J connectivity index is 1.88. The number of unbranched alkanes of at least 4 members (excludes halogenated alkanes) is 6. The zero-order valence-corrected chi connectivity index (χ0v) is 13.7. The average Bonchev–Trinajstić information content (AvgIpc) is 2.40. The summed E-state index contributed by atoms with van der Waals surface area (Å²) in [5.41, 5.74) is 0. The fourth-order valence-electron chi connectivity index (χ4n) is 3.17. The van der Waals surface area contributed by atoms with Gasteiger partial charge < -0.3 is 0 Å². The van der Waals surface area contributed by atoms with Gasteiger partial charge in [0.2, 0.25) is 0 Å². The van der Waals surface area contributed by atoms with E-state index in [4.69, 9.17) is 10.7 Å². The van der Waals surface area contributed by atoms with Gasteiger partial charge >= 0.3 is 0 Å². The molecule has 1 aliphatic rings. The molecule has 0 spiro atoms. The first-order chi connectivity index (χ1) is 8.86. The van der Waals surface area contributed by atoms with Gasteiger partial charge in [-0.25, -0.2) is 0 Å². The molecule has 1 rings (SSSR count). The van der Waals surface area contributed by atoms with Gasteiger partial charge in [-0.2, -0.15) is 0 Å². The topological polar surface area (TPSA) is 0 Å². The number of hydrogen-bond donors (Lipinski definition) is 0. The third-order valence-corrected chi connectivity index (χ3v) is 5.46. The van der Waals surface area contributed by atoms with E-state index >= 15 is 0 Å². The Morgan fingerprint density at radius 1 is 0.833 bits per heavy atom. The summed E-state index contributed by atoms with van der Waals surface area (Å²) in [7, 11) is 7.25. The van der Waals surface area contributed by atoms with Gasteiger partial charge in [0.1, 0.15) is 0 Å². The van der Waals surface area contributed by atoms with Gasteiger partial charge in [0.05, 0.1) is 0 Å². The van der Waals surface area contributed by atoms with Crippen molar-refractivity contribution in [1.82, 2.24) is 0 Å². The lowest BCUT2D eigenvalue weighted by Gasteiger charge is -2.27. The van der Waals surface area contributed by atoms with E-state index in [0.29, 0.717) is 0 Å². The van der Waals surface area contributed by atoms with Crippen molar-refractivity contribution >= 4 is 21.7 Å². The van der Waals surface area contributed by atoms with Crippen LogP contribution in [0.3, 0.4) is 0 Å². The van der Waals surface area contributed by atoms with E-state index in [1.807, 2.05) is 0 Å². The fraction of sp³-hybridized carbons (Fsp3) is 1.00. The summed E-state index contributed by atoms with van der Waals surface area (Å²) < 4.78 is 0. The monoisotopic (exact) mass is 290 g/mol. The largest absolute Gasteiger partial charge is 0.0654 e. The van der Waals surface area contributed by atoms with Gasteiger partial charge in [0.25, 0.3) is 0 Å². The minimum atomic E-state index is 0.915. The van der Waals surface area contributed by atoms with Crippen LogP contribution >= 0.6 is 21.7 Å². The Labute approximate surface area is 123 Å². The normalized spacial score (nSPS) is 24.3. The zero-order valence-electron chi connectivity index (χ0n) is 12.1. The number of rotatable bonds is 10. The molecule has 1 aliphatic carbocycles. The van der Waals surface area contributed by atoms with E-state index in [1.54, 1.807) is 0 Å². The first-order valence-electron chi connectivity index (χ1n) is 8.10. The molecule has 1 saturated carbocycles. The van der Waals surface area contributed by atoms with Crippen molar-refractivity contribution in [2.75, 3.05) is 5.75 Å². The Kier molecular flexibility index (Phi) is 10.6. The summed E-state index contributed by atoms with van der Waals surface area (Å²) in [5.74, 6) is 3.13. The minimum absolute atomic E-state index is 0.915. The number of halogens is 1. The molecule has 0 atom stereocenters. The van der Waals surface area contributed by atoms with Crippen LogP contribution in [0.4, 0.5) is 0 Å². The molecule has 0 aliphatic heterocycles. The van der Waals surface area contributed by atoms with Crippen molar-refractivity contribution in [1.29, 1.82) is 0 Å². The molecule has 18 heavy (non-hydrogen) atoms. The lowest BCUT2D eigenvalue weighted by atomic mass is 9.80. The summed E-state index contributed by atoms with van der Waals surface area (Å²) in [4.78, 5) is 0. The van der Waals surface area contributed by atoms with Crippen molar-refractivity contribution in [3.8, 4) is 0 Å². The van der Waals surface area contributed by atoms with Crippen molar-refractivity contribution in [2.45, 2.75) is 84.0 Å². The van der Waals surface area contributed by atoms with Crippen LogP contribution in [0.5, 0.6) is 0 Å². The quantitative estimate of drug-likeness (QED) is 0.398. The molecular weight excluding hydrogens is 260 g/mol. The highest BCUT2D eigenvalue weighted by Crippen LogP contribution is 2.34. The predicted molar refractivity (Wildman–Crippen MR) is 86.4 cm³/mol. The van der Waals surface area contributed by atoms with Gasteiger partial charge in [0.15, 0.2) is 0 Å². The Bertz CT molecular complexity index is 176. The second kappa shape index (κ2) is 11.5. The first kappa shape index (κ1) is 16.7. The summed E-state index contributed by atoms with van der Waals surface area (Å²) >= 11 is 0. The Morgan fingerprint density at radius 2 is 1.39 bits per heavy atom. The van der Waals surface area contributed by atoms with Crippen molar-refractivity contribution in [2.24, 2.45) is 11.8 Å². The van der Waals surface area contributed by atoms with Crippen LogP contribution < -0.4 is 0 Å². The summed E-state index contributed by atoms with van der Waals surface area (Å²) in [6.45, 7) is 2.29. The molecule has 0 aromatic heterocycles. The van der Waals surface area contributed by atoms with Gasteiger partial charge in [0, 0.05) is 5.75 Å². The molecule has 0 nitrogen and oxygen atoms in total. The molecular formula is C16H31ClS. The third-order valence-electron chi connectivity index (χ3n) is 4.48. The lowest BCUT2D eigenvalue weighted by Crippen LogP contribution is -2.15. The SMILES string of the molecule is CCCCCCCCCC1CCC(CSCl)CC1. The summed E-state index contributed by atoms with van der Waals surface area (Å²) in [5, 5.41) is 0. The molecule has 0 aromatic rings. The molecule has 0 heterocycles. The average molecular weight is 291 g/mol. The maximum absolute atomic E-state index is 5.74. The van der Waals surface area contributed by atoms with E-state index in [2.05, 4.69) is 6.92 Å². The van der Waals surface area contributed by atoms with Crippen LogP contribution in [-0.2, 0) is 0 Å². The number of hydrogen-bond acceptors (Lipinski definition) is 1. The molecule has 0 unspecified atom stereocenters. The maximum Gasteiger partial charge on any atom is 0.0114 e. The second-order valence-electron chi connectivity index (χ2n) is 6.07. The van der Waals surface area contributed by atoms with Crippen LogP contribution in [0, 0.1) is 11.8 Å². The molecule has 0 bridgehead atoms. The second-order valence-corrected chi connectivity index (χ2v) is 7.28. The highest BCUT2D eigenvalue weighted by molar-refractivity contribution is 8.21. The van der Waals surface area contributed by atoms with Crippen LogP contribution in [0.25, 0.3) is 0 Å². The fourth-order valence-corrected chi connectivity index (χ4v) is 4.21. The van der Waals surface area contributed by atoms with Crippen molar-refractivity contribution < 1.29 is 0 Å².